The lowest BCUT2D eigenvalue weighted by Gasteiger charge is -2.18. The Labute approximate surface area is 426 Å². The minimum Gasteiger partial charge on any atom is -0.462 e. The van der Waals surface area contributed by atoms with Crippen molar-refractivity contribution in [3.8, 4) is 0 Å². The van der Waals surface area contributed by atoms with Gasteiger partial charge in [0.1, 0.15) is 13.2 Å². The van der Waals surface area contributed by atoms with Crippen LogP contribution in [0.2, 0.25) is 0 Å². The lowest BCUT2D eigenvalue weighted by atomic mass is 10.1. The molecule has 0 spiro atoms. The maximum absolute atomic E-state index is 12.9. The first kappa shape index (κ1) is 65.3. The predicted molar refractivity (Wildman–Crippen MR) is 297 cm³/mol. The number of carbonyl (C=O) groups excluding carboxylic acids is 3. The molecule has 0 aliphatic carbocycles. The molecule has 0 bridgehead atoms. The van der Waals surface area contributed by atoms with Gasteiger partial charge in [0.05, 0.1) is 0 Å². The van der Waals surface area contributed by atoms with Gasteiger partial charge in [0.15, 0.2) is 6.10 Å². The fraction of sp³-hybridized carbons (Fsp3) is 0.698. The third kappa shape index (κ3) is 55.1. The predicted octanol–water partition coefficient (Wildman–Crippen LogP) is 19.3. The van der Waals surface area contributed by atoms with Crippen LogP contribution < -0.4 is 0 Å². The topological polar surface area (TPSA) is 78.9 Å². The van der Waals surface area contributed by atoms with E-state index >= 15 is 0 Å². The molecule has 0 saturated carbocycles. The maximum Gasteiger partial charge on any atom is 0.306 e. The molecule has 6 heteroatoms. The van der Waals surface area contributed by atoms with E-state index in [1.54, 1.807) is 0 Å². The van der Waals surface area contributed by atoms with Gasteiger partial charge in [-0.25, -0.2) is 0 Å². The van der Waals surface area contributed by atoms with E-state index < -0.39 is 6.10 Å². The van der Waals surface area contributed by atoms with Crippen molar-refractivity contribution >= 4 is 17.9 Å². The summed E-state index contributed by atoms with van der Waals surface area (Å²) in [6, 6.07) is 0. The summed E-state index contributed by atoms with van der Waals surface area (Å²) >= 11 is 0. The van der Waals surface area contributed by atoms with E-state index in [0.717, 1.165) is 103 Å². The molecule has 0 saturated heterocycles. The standard InChI is InChI=1S/C63H106O6/c1-4-7-10-13-16-19-22-25-28-31-33-35-38-41-44-47-50-53-56-62(65)68-59-60(58-67-61(64)55-52-49-46-43-40-37-34-30-27-24-21-18-15-12-9-6-3)69-63(66)57-54-51-48-45-42-39-36-32-29-26-23-20-17-14-11-8-5-2/h10,13,16-17,19-20,22,25-26,28-31,33-35,60H,4-9,11-12,14-15,18,21,23-24,27,32,36-59H2,1-3H3/b13-10-,19-16-,20-17-,25-22-,29-26-,31-28-,34-30-,35-33-. The molecule has 6 nitrogen and oxygen atoms in total. The van der Waals surface area contributed by atoms with Gasteiger partial charge in [-0.1, -0.05) is 246 Å². The largest absolute Gasteiger partial charge is 0.462 e. The van der Waals surface area contributed by atoms with Crippen molar-refractivity contribution in [1.82, 2.24) is 0 Å². The van der Waals surface area contributed by atoms with Gasteiger partial charge in [-0.3, -0.25) is 14.4 Å². The zero-order valence-electron chi connectivity index (χ0n) is 45.0. The number of allylic oxidation sites excluding steroid dienone is 16. The molecule has 0 aromatic heterocycles. The Morgan fingerprint density at radius 1 is 0.304 bits per heavy atom. The van der Waals surface area contributed by atoms with E-state index in [1.807, 2.05) is 24.3 Å². The summed E-state index contributed by atoms with van der Waals surface area (Å²) in [7, 11) is 0. The van der Waals surface area contributed by atoms with E-state index in [9.17, 15) is 14.4 Å². The van der Waals surface area contributed by atoms with Gasteiger partial charge < -0.3 is 14.2 Å². The second-order valence-corrected chi connectivity index (χ2v) is 19.0. The fourth-order valence-corrected chi connectivity index (χ4v) is 7.79. The third-order valence-corrected chi connectivity index (χ3v) is 12.1. The fourth-order valence-electron chi connectivity index (χ4n) is 7.79. The molecule has 0 N–H and O–H groups in total. The van der Waals surface area contributed by atoms with Gasteiger partial charge in [-0.05, 0) is 96.3 Å². The summed E-state index contributed by atoms with van der Waals surface area (Å²) in [5, 5.41) is 0. The summed E-state index contributed by atoms with van der Waals surface area (Å²) < 4.78 is 16.8. The van der Waals surface area contributed by atoms with E-state index in [4.69, 9.17) is 14.2 Å². The zero-order chi connectivity index (χ0) is 50.0. The Kier molecular flexibility index (Phi) is 53.9. The van der Waals surface area contributed by atoms with Gasteiger partial charge in [0.25, 0.3) is 0 Å². The smallest absolute Gasteiger partial charge is 0.306 e. The number of unbranched alkanes of at least 4 members (excludes halogenated alkanes) is 28. The first-order valence-electron chi connectivity index (χ1n) is 28.8. The summed E-state index contributed by atoms with van der Waals surface area (Å²) in [5.41, 5.74) is 0. The average Bonchev–Trinajstić information content (AvgIpc) is 3.35. The van der Waals surface area contributed by atoms with Crippen molar-refractivity contribution in [2.24, 2.45) is 0 Å². The Balaban J connectivity index is 4.48. The minimum absolute atomic E-state index is 0.0940. The quantitative estimate of drug-likeness (QED) is 0.0199. The van der Waals surface area contributed by atoms with Crippen molar-refractivity contribution < 1.29 is 28.6 Å². The molecular formula is C63H106O6. The number of hydrogen-bond donors (Lipinski definition) is 0. The number of carbonyl (C=O) groups is 3. The third-order valence-electron chi connectivity index (χ3n) is 12.1. The molecule has 1 unspecified atom stereocenters. The van der Waals surface area contributed by atoms with Gasteiger partial charge in [0, 0.05) is 19.3 Å². The van der Waals surface area contributed by atoms with Gasteiger partial charge >= 0.3 is 17.9 Å². The highest BCUT2D eigenvalue weighted by Crippen LogP contribution is 2.14. The van der Waals surface area contributed by atoms with Crippen LogP contribution in [-0.4, -0.2) is 37.2 Å². The number of hydrogen-bond acceptors (Lipinski definition) is 6. The maximum atomic E-state index is 12.9. The van der Waals surface area contributed by atoms with Crippen molar-refractivity contribution in [2.75, 3.05) is 13.2 Å². The molecule has 0 aliphatic heterocycles. The van der Waals surface area contributed by atoms with E-state index in [-0.39, 0.29) is 31.1 Å². The number of rotatable bonds is 51. The molecule has 0 radical (unpaired) electrons. The Bertz CT molecular complexity index is 1380. The molecule has 394 valence electrons. The van der Waals surface area contributed by atoms with Crippen LogP contribution in [0.1, 0.15) is 265 Å². The highest BCUT2D eigenvalue weighted by molar-refractivity contribution is 5.71. The molecule has 0 rings (SSSR count). The lowest BCUT2D eigenvalue weighted by molar-refractivity contribution is -0.167. The van der Waals surface area contributed by atoms with Gasteiger partial charge in [-0.15, -0.1) is 0 Å². The SMILES string of the molecule is CCC\C=C/C=C\C=C/C=C\C=C/CCCCCCCC(=O)OCC(COC(=O)CCCCCCC/C=C\CCCCCCCCC)OC(=O)CCCCCCCCC/C=C\C/C=C\CCCCC. The summed E-state index contributed by atoms with van der Waals surface area (Å²) in [4.78, 5) is 38.2. The van der Waals surface area contributed by atoms with Gasteiger partial charge in [0.2, 0.25) is 0 Å². The summed E-state index contributed by atoms with van der Waals surface area (Å²) in [6.07, 6.45) is 75.2. The van der Waals surface area contributed by atoms with E-state index in [0.29, 0.717) is 19.3 Å². The van der Waals surface area contributed by atoms with Crippen molar-refractivity contribution in [2.45, 2.75) is 271 Å². The molecule has 0 amide bonds. The molecule has 0 aliphatic rings. The number of esters is 3. The first-order chi connectivity index (χ1) is 34.0. The van der Waals surface area contributed by atoms with Crippen LogP contribution in [0.3, 0.4) is 0 Å². The summed E-state index contributed by atoms with van der Waals surface area (Å²) in [5.74, 6) is -0.931. The highest BCUT2D eigenvalue weighted by atomic mass is 16.6. The molecule has 69 heavy (non-hydrogen) atoms. The molecular weight excluding hydrogens is 853 g/mol. The lowest BCUT2D eigenvalue weighted by Crippen LogP contribution is -2.30. The Hall–Kier alpha value is -3.67. The minimum atomic E-state index is -0.798. The van der Waals surface area contributed by atoms with Crippen LogP contribution >= 0.6 is 0 Å². The first-order valence-corrected chi connectivity index (χ1v) is 28.8. The second kappa shape index (κ2) is 56.9. The van der Waals surface area contributed by atoms with Crippen molar-refractivity contribution in [1.29, 1.82) is 0 Å². The van der Waals surface area contributed by atoms with Crippen LogP contribution in [0.5, 0.6) is 0 Å². The molecule has 0 aromatic carbocycles. The molecule has 1 atom stereocenters. The Morgan fingerprint density at radius 2 is 0.609 bits per heavy atom. The zero-order valence-corrected chi connectivity index (χ0v) is 45.0. The average molecular weight is 960 g/mol. The monoisotopic (exact) mass is 959 g/mol. The van der Waals surface area contributed by atoms with Crippen LogP contribution in [0.4, 0.5) is 0 Å². The van der Waals surface area contributed by atoms with Crippen LogP contribution in [0.25, 0.3) is 0 Å². The van der Waals surface area contributed by atoms with Crippen LogP contribution in [-0.2, 0) is 28.6 Å². The van der Waals surface area contributed by atoms with Crippen molar-refractivity contribution in [3.63, 3.8) is 0 Å². The second-order valence-electron chi connectivity index (χ2n) is 19.0. The molecule has 0 aromatic rings. The van der Waals surface area contributed by atoms with Gasteiger partial charge in [-0.2, -0.15) is 0 Å². The van der Waals surface area contributed by atoms with E-state index in [1.165, 1.54) is 122 Å². The van der Waals surface area contributed by atoms with Crippen LogP contribution in [0, 0.1) is 0 Å². The summed E-state index contributed by atoms with van der Waals surface area (Å²) in [6.45, 7) is 6.50. The molecule has 0 fully saturated rings. The van der Waals surface area contributed by atoms with E-state index in [2.05, 4.69) is 93.7 Å². The molecule has 0 heterocycles. The Morgan fingerprint density at radius 3 is 1.03 bits per heavy atom. The van der Waals surface area contributed by atoms with Crippen LogP contribution in [0.15, 0.2) is 97.2 Å². The van der Waals surface area contributed by atoms with Crippen molar-refractivity contribution in [3.05, 3.63) is 97.2 Å². The number of ether oxygens (including phenoxy) is 3. The highest BCUT2D eigenvalue weighted by Gasteiger charge is 2.19. The normalized spacial score (nSPS) is 12.8.